The molecule has 9 heteroatoms. The van der Waals surface area contributed by atoms with E-state index in [4.69, 9.17) is 0 Å². The number of hydrogen-bond acceptors (Lipinski definition) is 4. The molecule has 28 heavy (non-hydrogen) atoms. The summed E-state index contributed by atoms with van der Waals surface area (Å²) in [5.74, 6) is -0.917. The van der Waals surface area contributed by atoms with Gasteiger partial charge >= 0.3 is 6.09 Å². The van der Waals surface area contributed by atoms with E-state index >= 15 is 0 Å². The fourth-order valence-electron chi connectivity index (χ4n) is 3.52. The van der Waals surface area contributed by atoms with E-state index in [1.807, 2.05) is 0 Å². The van der Waals surface area contributed by atoms with Gasteiger partial charge in [-0.3, -0.25) is 14.9 Å². The van der Waals surface area contributed by atoms with Crippen LogP contribution in [0.15, 0.2) is 42.5 Å². The number of anilines is 1. The number of halogens is 1. The van der Waals surface area contributed by atoms with Crippen LogP contribution >= 0.6 is 0 Å². The summed E-state index contributed by atoms with van der Waals surface area (Å²) in [6.45, 7) is 1.50. The van der Waals surface area contributed by atoms with E-state index in [9.17, 15) is 29.2 Å². The SMILES string of the molecule is Cc1ccc(N2CC(NC(=O)O)(c3cccc(F)c3)CCC2=O)c([N+](=O)[O-])c1. The second-order valence-electron chi connectivity index (χ2n) is 6.75. The summed E-state index contributed by atoms with van der Waals surface area (Å²) in [7, 11) is 0. The smallest absolute Gasteiger partial charge is 0.405 e. The molecule has 1 unspecified atom stereocenters. The first-order valence-corrected chi connectivity index (χ1v) is 8.54. The summed E-state index contributed by atoms with van der Waals surface area (Å²) in [4.78, 5) is 36.1. The van der Waals surface area contributed by atoms with E-state index < -0.39 is 22.4 Å². The number of hydrogen-bond donors (Lipinski definition) is 2. The van der Waals surface area contributed by atoms with Gasteiger partial charge in [0.2, 0.25) is 5.91 Å². The van der Waals surface area contributed by atoms with Crippen LogP contribution in [0.2, 0.25) is 0 Å². The summed E-state index contributed by atoms with van der Waals surface area (Å²) in [6.07, 6.45) is -1.28. The molecular weight excluding hydrogens is 369 g/mol. The molecule has 1 atom stereocenters. The van der Waals surface area contributed by atoms with Gasteiger partial charge in [0.1, 0.15) is 11.5 Å². The molecule has 0 bridgehead atoms. The zero-order chi connectivity index (χ0) is 20.5. The minimum absolute atomic E-state index is 0.0537. The Kier molecular flexibility index (Phi) is 5.00. The molecule has 1 heterocycles. The number of piperidine rings is 1. The maximum Gasteiger partial charge on any atom is 0.405 e. The van der Waals surface area contributed by atoms with Crippen LogP contribution in [0.5, 0.6) is 0 Å². The summed E-state index contributed by atoms with van der Waals surface area (Å²) in [5.41, 5.74) is -0.463. The number of benzene rings is 2. The Bertz CT molecular complexity index is 964. The van der Waals surface area contributed by atoms with E-state index in [1.54, 1.807) is 19.1 Å². The summed E-state index contributed by atoms with van der Waals surface area (Å²) >= 11 is 0. The summed E-state index contributed by atoms with van der Waals surface area (Å²) in [5, 5.41) is 23.2. The summed E-state index contributed by atoms with van der Waals surface area (Å²) in [6, 6.07) is 9.90. The average Bonchev–Trinajstić information content (AvgIpc) is 2.63. The summed E-state index contributed by atoms with van der Waals surface area (Å²) < 4.78 is 13.8. The van der Waals surface area contributed by atoms with Crippen molar-refractivity contribution >= 4 is 23.4 Å². The quantitative estimate of drug-likeness (QED) is 0.617. The molecule has 2 N–H and O–H groups in total. The molecule has 0 radical (unpaired) electrons. The van der Waals surface area contributed by atoms with E-state index in [-0.39, 0.29) is 36.7 Å². The molecule has 1 saturated heterocycles. The highest BCUT2D eigenvalue weighted by molar-refractivity contribution is 5.97. The first-order chi connectivity index (χ1) is 13.2. The molecule has 3 rings (SSSR count). The van der Waals surface area contributed by atoms with Crippen LogP contribution in [0.3, 0.4) is 0 Å². The van der Waals surface area contributed by atoms with E-state index in [0.29, 0.717) is 11.1 Å². The van der Waals surface area contributed by atoms with Crippen molar-refractivity contribution in [1.29, 1.82) is 0 Å². The average molecular weight is 387 g/mol. The van der Waals surface area contributed by atoms with Crippen LogP contribution in [0.1, 0.15) is 24.0 Å². The Hall–Kier alpha value is -3.49. The van der Waals surface area contributed by atoms with Crippen LogP contribution in [-0.4, -0.2) is 28.6 Å². The lowest BCUT2D eigenvalue weighted by Crippen LogP contribution is -2.58. The van der Waals surface area contributed by atoms with Gasteiger partial charge in [-0.25, -0.2) is 9.18 Å². The standard InChI is InChI=1S/C19H18FN3O5/c1-12-5-6-15(16(9-12)23(27)28)22-11-19(21-18(25)26,8-7-17(22)24)13-3-2-4-14(20)10-13/h2-6,9-10,21H,7-8,11H2,1H3,(H,25,26). The second kappa shape index (κ2) is 7.26. The van der Waals surface area contributed by atoms with E-state index in [1.165, 1.54) is 35.2 Å². The normalized spacial score (nSPS) is 19.4. The Morgan fingerprint density at radius 1 is 1.32 bits per heavy atom. The van der Waals surface area contributed by atoms with Crippen molar-refractivity contribution < 1.29 is 24.0 Å². The Balaban J connectivity index is 2.10. The molecule has 1 aliphatic heterocycles. The molecule has 146 valence electrons. The largest absolute Gasteiger partial charge is 0.465 e. The lowest BCUT2D eigenvalue weighted by Gasteiger charge is -2.42. The molecule has 0 aromatic heterocycles. The Morgan fingerprint density at radius 3 is 2.71 bits per heavy atom. The van der Waals surface area contributed by atoms with Crippen LogP contribution < -0.4 is 10.2 Å². The fraction of sp³-hybridized carbons (Fsp3) is 0.263. The number of amides is 2. The molecule has 0 spiro atoms. The molecule has 2 aromatic rings. The molecule has 1 fully saturated rings. The third-order valence-electron chi connectivity index (χ3n) is 4.84. The van der Waals surface area contributed by atoms with Crippen molar-refractivity contribution in [3.05, 3.63) is 69.5 Å². The molecule has 2 aromatic carbocycles. The molecule has 8 nitrogen and oxygen atoms in total. The van der Waals surface area contributed by atoms with Gasteiger partial charge in [0, 0.05) is 12.5 Å². The number of nitrogens with one attached hydrogen (secondary N) is 1. The number of nitro benzene ring substituents is 1. The van der Waals surface area contributed by atoms with E-state index in [0.717, 1.165) is 0 Å². The second-order valence-corrected chi connectivity index (χ2v) is 6.75. The highest BCUT2D eigenvalue weighted by Crippen LogP contribution is 2.38. The van der Waals surface area contributed by atoms with Gasteiger partial charge in [0.15, 0.2) is 0 Å². The number of carboxylic acid groups (broad SMARTS) is 1. The number of rotatable bonds is 4. The van der Waals surface area contributed by atoms with Crippen molar-refractivity contribution in [2.45, 2.75) is 25.3 Å². The molecule has 0 aliphatic carbocycles. The molecule has 1 aliphatic rings. The minimum atomic E-state index is -1.34. The van der Waals surface area contributed by atoms with Crippen LogP contribution in [-0.2, 0) is 10.3 Å². The topological polar surface area (TPSA) is 113 Å². The van der Waals surface area contributed by atoms with Gasteiger partial charge in [0.05, 0.1) is 17.0 Å². The predicted molar refractivity (Wildman–Crippen MR) is 98.7 cm³/mol. The molecule has 0 saturated carbocycles. The van der Waals surface area contributed by atoms with Crippen LogP contribution in [0.25, 0.3) is 0 Å². The van der Waals surface area contributed by atoms with Crippen molar-refractivity contribution in [3.63, 3.8) is 0 Å². The van der Waals surface area contributed by atoms with Gasteiger partial charge in [-0.1, -0.05) is 18.2 Å². The van der Waals surface area contributed by atoms with Gasteiger partial charge in [-0.05, 0) is 42.7 Å². The van der Waals surface area contributed by atoms with Crippen LogP contribution in [0, 0.1) is 22.9 Å². The first kappa shape index (κ1) is 19.3. The maximum absolute atomic E-state index is 13.8. The van der Waals surface area contributed by atoms with Crippen molar-refractivity contribution in [2.24, 2.45) is 0 Å². The van der Waals surface area contributed by atoms with Gasteiger partial charge in [-0.2, -0.15) is 0 Å². The van der Waals surface area contributed by atoms with Crippen molar-refractivity contribution in [2.75, 3.05) is 11.4 Å². The van der Waals surface area contributed by atoms with Gasteiger partial charge < -0.3 is 15.3 Å². The lowest BCUT2D eigenvalue weighted by molar-refractivity contribution is -0.384. The predicted octanol–water partition coefficient (Wildman–Crippen LogP) is 3.33. The molecule has 2 amide bonds. The number of nitrogens with zero attached hydrogens (tertiary/aromatic N) is 2. The molecular formula is C19H18FN3O5. The Labute approximate surface area is 159 Å². The highest BCUT2D eigenvalue weighted by Gasteiger charge is 2.43. The highest BCUT2D eigenvalue weighted by atomic mass is 19.1. The number of nitro groups is 1. The fourth-order valence-corrected chi connectivity index (χ4v) is 3.52. The minimum Gasteiger partial charge on any atom is -0.465 e. The van der Waals surface area contributed by atoms with Crippen molar-refractivity contribution in [1.82, 2.24) is 5.32 Å². The number of aryl methyl sites for hydroxylation is 1. The zero-order valence-electron chi connectivity index (χ0n) is 15.0. The number of carbonyl (C=O) groups is 2. The maximum atomic E-state index is 13.8. The third kappa shape index (κ3) is 3.64. The lowest BCUT2D eigenvalue weighted by atomic mass is 9.81. The van der Waals surface area contributed by atoms with Crippen LogP contribution in [0.4, 0.5) is 20.6 Å². The zero-order valence-corrected chi connectivity index (χ0v) is 15.0. The third-order valence-corrected chi connectivity index (χ3v) is 4.84. The van der Waals surface area contributed by atoms with Crippen molar-refractivity contribution in [3.8, 4) is 0 Å². The van der Waals surface area contributed by atoms with E-state index in [2.05, 4.69) is 5.32 Å². The Morgan fingerprint density at radius 2 is 2.07 bits per heavy atom. The number of carbonyl (C=O) groups excluding carboxylic acids is 1. The van der Waals surface area contributed by atoms with Gasteiger partial charge in [-0.15, -0.1) is 0 Å². The monoisotopic (exact) mass is 387 g/mol. The van der Waals surface area contributed by atoms with Gasteiger partial charge in [0.25, 0.3) is 5.69 Å². The first-order valence-electron chi connectivity index (χ1n) is 8.54.